The lowest BCUT2D eigenvalue weighted by atomic mass is 10.1. The first-order valence-corrected chi connectivity index (χ1v) is 6.87. The van der Waals surface area contributed by atoms with Crippen molar-refractivity contribution in [1.82, 2.24) is 0 Å². The molecule has 0 saturated carbocycles. The molecule has 21 heavy (non-hydrogen) atoms. The van der Waals surface area contributed by atoms with E-state index in [9.17, 15) is 4.79 Å². The number of carbonyl (C=O) groups is 1. The van der Waals surface area contributed by atoms with E-state index in [0.29, 0.717) is 11.3 Å². The maximum atomic E-state index is 11.5. The van der Waals surface area contributed by atoms with Gasteiger partial charge in [-0.2, -0.15) is 0 Å². The van der Waals surface area contributed by atoms with Crippen LogP contribution in [-0.2, 0) is 11.2 Å². The first-order chi connectivity index (χ1) is 10.1. The molecule has 0 aromatic heterocycles. The molecule has 4 nitrogen and oxygen atoms in total. The van der Waals surface area contributed by atoms with E-state index in [2.05, 4.69) is 36.5 Å². The number of nitrogen functional groups attached to an aromatic ring is 1. The lowest BCUT2D eigenvalue weighted by Crippen LogP contribution is -2.09. The minimum absolute atomic E-state index is 0.364. The number of carbonyl (C=O) groups excluding carboxylic acids is 1. The number of nitrogens with one attached hydrogen (secondary N) is 1. The van der Waals surface area contributed by atoms with Gasteiger partial charge in [0.05, 0.1) is 24.0 Å². The molecular formula is C17H20N2O2. The van der Waals surface area contributed by atoms with Crippen LogP contribution in [0.25, 0.3) is 0 Å². The molecule has 2 aromatic rings. The van der Waals surface area contributed by atoms with Crippen molar-refractivity contribution in [1.29, 1.82) is 0 Å². The number of nitrogens with two attached hydrogens (primary N) is 1. The Bertz CT molecular complexity index is 638. The number of ether oxygens (including phenoxy) is 1. The summed E-state index contributed by atoms with van der Waals surface area (Å²) in [6, 6.07) is 13.5. The van der Waals surface area contributed by atoms with Crippen LogP contribution in [0.3, 0.4) is 0 Å². The fourth-order valence-corrected chi connectivity index (χ4v) is 2.16. The standard InChI is InChI=1S/C17H20N2O2/c1-12-4-3-5-13(10-12)8-9-19-16-11-14(17(20)21-2)6-7-15(16)18/h3-7,10-11,19H,8-9,18H2,1-2H3. The fourth-order valence-electron chi connectivity index (χ4n) is 2.16. The zero-order valence-electron chi connectivity index (χ0n) is 12.3. The van der Waals surface area contributed by atoms with Crippen LogP contribution >= 0.6 is 0 Å². The molecule has 0 amide bonds. The summed E-state index contributed by atoms with van der Waals surface area (Å²) in [7, 11) is 1.36. The van der Waals surface area contributed by atoms with Gasteiger partial charge in [-0.1, -0.05) is 29.8 Å². The average Bonchev–Trinajstić information content (AvgIpc) is 2.48. The van der Waals surface area contributed by atoms with E-state index < -0.39 is 0 Å². The van der Waals surface area contributed by atoms with Crippen LogP contribution in [0.1, 0.15) is 21.5 Å². The van der Waals surface area contributed by atoms with E-state index in [0.717, 1.165) is 18.7 Å². The topological polar surface area (TPSA) is 64.3 Å². The minimum atomic E-state index is -0.364. The van der Waals surface area contributed by atoms with Crippen molar-refractivity contribution in [3.63, 3.8) is 0 Å². The number of methoxy groups -OCH3 is 1. The summed E-state index contributed by atoms with van der Waals surface area (Å²) in [4.78, 5) is 11.5. The van der Waals surface area contributed by atoms with E-state index in [-0.39, 0.29) is 5.97 Å². The zero-order chi connectivity index (χ0) is 15.2. The third-order valence-electron chi connectivity index (χ3n) is 3.29. The Hall–Kier alpha value is -2.49. The number of esters is 1. The Morgan fingerprint density at radius 3 is 2.76 bits per heavy atom. The lowest BCUT2D eigenvalue weighted by Gasteiger charge is -2.11. The highest BCUT2D eigenvalue weighted by molar-refractivity contribution is 5.91. The molecule has 0 aliphatic rings. The van der Waals surface area contributed by atoms with Crippen molar-refractivity contribution in [3.8, 4) is 0 Å². The Morgan fingerprint density at radius 1 is 1.24 bits per heavy atom. The number of anilines is 2. The third kappa shape index (κ3) is 3.99. The molecule has 0 bridgehead atoms. The van der Waals surface area contributed by atoms with Gasteiger partial charge in [0.25, 0.3) is 0 Å². The van der Waals surface area contributed by atoms with Gasteiger partial charge in [-0.15, -0.1) is 0 Å². The number of aryl methyl sites for hydroxylation is 1. The number of benzene rings is 2. The summed E-state index contributed by atoms with van der Waals surface area (Å²) < 4.78 is 4.71. The monoisotopic (exact) mass is 284 g/mol. The molecule has 0 radical (unpaired) electrons. The number of hydrogen-bond donors (Lipinski definition) is 2. The van der Waals surface area contributed by atoms with Crippen molar-refractivity contribution in [2.24, 2.45) is 0 Å². The van der Waals surface area contributed by atoms with Crippen molar-refractivity contribution < 1.29 is 9.53 Å². The van der Waals surface area contributed by atoms with Gasteiger partial charge in [0.1, 0.15) is 0 Å². The second-order valence-corrected chi connectivity index (χ2v) is 4.96. The molecule has 3 N–H and O–H groups in total. The Balaban J connectivity index is 2.01. The Morgan fingerprint density at radius 2 is 2.05 bits per heavy atom. The van der Waals surface area contributed by atoms with Crippen LogP contribution < -0.4 is 11.1 Å². The van der Waals surface area contributed by atoms with Crippen molar-refractivity contribution in [3.05, 3.63) is 59.2 Å². The predicted octanol–water partition coefficient (Wildman–Crippen LogP) is 3.02. The normalized spacial score (nSPS) is 10.2. The molecule has 0 unspecified atom stereocenters. The van der Waals surface area contributed by atoms with Gasteiger partial charge in [-0.3, -0.25) is 0 Å². The highest BCUT2D eigenvalue weighted by Gasteiger charge is 2.08. The van der Waals surface area contributed by atoms with Crippen molar-refractivity contribution in [2.45, 2.75) is 13.3 Å². The summed E-state index contributed by atoms with van der Waals surface area (Å²) in [6.07, 6.45) is 0.892. The zero-order valence-corrected chi connectivity index (χ0v) is 12.3. The highest BCUT2D eigenvalue weighted by atomic mass is 16.5. The smallest absolute Gasteiger partial charge is 0.337 e. The SMILES string of the molecule is COC(=O)c1ccc(N)c(NCCc2cccc(C)c2)c1. The summed E-state index contributed by atoms with van der Waals surface area (Å²) >= 11 is 0. The first kappa shape index (κ1) is 14.9. The molecule has 0 saturated heterocycles. The number of hydrogen-bond acceptors (Lipinski definition) is 4. The average molecular weight is 284 g/mol. The maximum absolute atomic E-state index is 11.5. The summed E-state index contributed by atoms with van der Waals surface area (Å²) in [5.74, 6) is -0.364. The first-order valence-electron chi connectivity index (χ1n) is 6.87. The van der Waals surface area contributed by atoms with Crippen LogP contribution in [0.4, 0.5) is 11.4 Å². The molecule has 4 heteroatoms. The molecule has 0 aliphatic heterocycles. The molecule has 0 aliphatic carbocycles. The molecule has 0 fully saturated rings. The number of rotatable bonds is 5. The summed E-state index contributed by atoms with van der Waals surface area (Å²) in [5, 5.41) is 3.27. The molecule has 2 rings (SSSR count). The van der Waals surface area contributed by atoms with Gasteiger partial charge in [-0.05, 0) is 37.1 Å². The third-order valence-corrected chi connectivity index (χ3v) is 3.29. The highest BCUT2D eigenvalue weighted by Crippen LogP contribution is 2.20. The van der Waals surface area contributed by atoms with Crippen LogP contribution in [0, 0.1) is 6.92 Å². The van der Waals surface area contributed by atoms with Crippen LogP contribution in [0.2, 0.25) is 0 Å². The van der Waals surface area contributed by atoms with Crippen molar-refractivity contribution in [2.75, 3.05) is 24.7 Å². The summed E-state index contributed by atoms with van der Waals surface area (Å²) in [5.41, 5.74) is 10.3. The van der Waals surface area contributed by atoms with Gasteiger partial charge in [0.2, 0.25) is 0 Å². The van der Waals surface area contributed by atoms with E-state index in [1.54, 1.807) is 18.2 Å². The molecule has 0 heterocycles. The van der Waals surface area contributed by atoms with Gasteiger partial charge in [-0.25, -0.2) is 4.79 Å². The van der Waals surface area contributed by atoms with E-state index in [1.807, 2.05) is 0 Å². The van der Waals surface area contributed by atoms with E-state index >= 15 is 0 Å². The van der Waals surface area contributed by atoms with Crippen LogP contribution in [-0.4, -0.2) is 19.6 Å². The molecule has 0 atom stereocenters. The van der Waals surface area contributed by atoms with Crippen LogP contribution in [0.5, 0.6) is 0 Å². The van der Waals surface area contributed by atoms with Gasteiger partial charge >= 0.3 is 5.97 Å². The Labute approximate surface area is 124 Å². The Kier molecular flexibility index (Phi) is 4.82. The van der Waals surface area contributed by atoms with Gasteiger partial charge in [0, 0.05) is 6.54 Å². The van der Waals surface area contributed by atoms with Gasteiger partial charge in [0.15, 0.2) is 0 Å². The van der Waals surface area contributed by atoms with Crippen LogP contribution in [0.15, 0.2) is 42.5 Å². The molecule has 2 aromatic carbocycles. The second-order valence-electron chi connectivity index (χ2n) is 4.96. The quantitative estimate of drug-likeness (QED) is 0.654. The van der Waals surface area contributed by atoms with Crippen molar-refractivity contribution >= 4 is 17.3 Å². The lowest BCUT2D eigenvalue weighted by molar-refractivity contribution is 0.0601. The fraction of sp³-hybridized carbons (Fsp3) is 0.235. The van der Waals surface area contributed by atoms with E-state index in [1.165, 1.54) is 18.2 Å². The largest absolute Gasteiger partial charge is 0.465 e. The van der Waals surface area contributed by atoms with Gasteiger partial charge < -0.3 is 15.8 Å². The van der Waals surface area contributed by atoms with E-state index in [4.69, 9.17) is 10.5 Å². The maximum Gasteiger partial charge on any atom is 0.337 e. The summed E-state index contributed by atoms with van der Waals surface area (Å²) in [6.45, 7) is 2.83. The predicted molar refractivity (Wildman–Crippen MR) is 85.6 cm³/mol. The second kappa shape index (κ2) is 6.79. The minimum Gasteiger partial charge on any atom is -0.465 e. The molecular weight excluding hydrogens is 264 g/mol. The molecule has 0 spiro atoms. The molecule has 110 valence electrons.